The second-order valence-electron chi connectivity index (χ2n) is 10.0. The number of halogens is 3. The Morgan fingerprint density at radius 1 is 0.929 bits per heavy atom. The number of hydrogen-bond donors (Lipinski definition) is 2. The van der Waals surface area contributed by atoms with Crippen molar-refractivity contribution in [2.75, 3.05) is 32.1 Å². The van der Waals surface area contributed by atoms with Crippen LogP contribution in [-0.4, -0.2) is 53.5 Å². The van der Waals surface area contributed by atoms with Gasteiger partial charge in [0.2, 0.25) is 5.91 Å². The molecule has 0 spiro atoms. The van der Waals surface area contributed by atoms with Gasteiger partial charge in [0.05, 0.1) is 18.4 Å². The minimum absolute atomic E-state index is 0.223. The van der Waals surface area contributed by atoms with Gasteiger partial charge in [0.15, 0.2) is 0 Å². The zero-order valence-electron chi connectivity index (χ0n) is 23.7. The summed E-state index contributed by atoms with van der Waals surface area (Å²) in [5, 5.41) is 3.46. The molecule has 0 aliphatic heterocycles. The van der Waals surface area contributed by atoms with Crippen LogP contribution >= 0.6 is 0 Å². The van der Waals surface area contributed by atoms with E-state index in [4.69, 9.17) is 4.74 Å². The highest BCUT2D eigenvalue weighted by molar-refractivity contribution is 5.93. The summed E-state index contributed by atoms with van der Waals surface area (Å²) in [6.45, 7) is 2.57. The summed E-state index contributed by atoms with van der Waals surface area (Å²) in [5.41, 5.74) is 1.65. The second-order valence-corrected chi connectivity index (χ2v) is 10.0. The van der Waals surface area contributed by atoms with Crippen LogP contribution in [0.2, 0.25) is 0 Å². The van der Waals surface area contributed by atoms with Gasteiger partial charge in [-0.1, -0.05) is 55.8 Å². The zero-order valence-corrected chi connectivity index (χ0v) is 23.7. The van der Waals surface area contributed by atoms with Gasteiger partial charge in [0.1, 0.15) is 12.3 Å². The van der Waals surface area contributed by atoms with Gasteiger partial charge < -0.3 is 24.8 Å². The van der Waals surface area contributed by atoms with Crippen molar-refractivity contribution in [3.63, 3.8) is 0 Å². The highest BCUT2D eigenvalue weighted by Gasteiger charge is 2.34. The summed E-state index contributed by atoms with van der Waals surface area (Å²) < 4.78 is 45.9. The maximum Gasteiger partial charge on any atom is 0.418 e. The Morgan fingerprint density at radius 2 is 1.64 bits per heavy atom. The lowest BCUT2D eigenvalue weighted by molar-refractivity contribution is -0.137. The number of anilines is 1. The van der Waals surface area contributed by atoms with Gasteiger partial charge in [-0.15, -0.1) is 0 Å². The number of nitrogens with one attached hydrogen (secondary N) is 2. The van der Waals surface area contributed by atoms with Crippen LogP contribution in [0.15, 0.2) is 79.0 Å². The number of urea groups is 1. The van der Waals surface area contributed by atoms with Crippen molar-refractivity contribution in [1.82, 2.24) is 14.8 Å². The van der Waals surface area contributed by atoms with Gasteiger partial charge in [-0.25, -0.2) is 4.79 Å². The lowest BCUT2D eigenvalue weighted by Crippen LogP contribution is -2.45. The van der Waals surface area contributed by atoms with Gasteiger partial charge in [-0.05, 0) is 54.3 Å². The number of hydrogen-bond acceptors (Lipinski definition) is 3. The van der Waals surface area contributed by atoms with Gasteiger partial charge in [-0.3, -0.25) is 4.79 Å². The smallest absolute Gasteiger partial charge is 0.418 e. The number of aromatic nitrogens is 1. The Balaban J connectivity index is 1.54. The van der Waals surface area contributed by atoms with E-state index in [0.717, 1.165) is 34.5 Å². The third-order valence-corrected chi connectivity index (χ3v) is 7.08. The highest BCUT2D eigenvalue weighted by atomic mass is 19.4. The molecule has 0 bridgehead atoms. The largest absolute Gasteiger partial charge is 0.497 e. The number of fused-ring (bicyclic) bond motifs is 1. The number of carbonyl (C=O) groups excluding carboxylic acids is 2. The molecule has 0 saturated heterocycles. The van der Waals surface area contributed by atoms with Gasteiger partial charge in [-0.2, -0.15) is 13.2 Å². The van der Waals surface area contributed by atoms with Crippen molar-refractivity contribution in [2.45, 2.75) is 38.9 Å². The van der Waals surface area contributed by atoms with Crippen molar-refractivity contribution in [3.05, 3.63) is 95.7 Å². The van der Waals surface area contributed by atoms with E-state index in [1.807, 2.05) is 61.7 Å². The fraction of sp³-hybridized carbons (Fsp3) is 0.312. The van der Waals surface area contributed by atoms with Crippen LogP contribution in [0.1, 0.15) is 36.5 Å². The molecule has 10 heteroatoms. The molecule has 0 saturated carbocycles. The molecule has 0 aliphatic carbocycles. The Labute approximate surface area is 243 Å². The van der Waals surface area contributed by atoms with Gasteiger partial charge >= 0.3 is 12.2 Å². The molecule has 0 fully saturated rings. The fourth-order valence-corrected chi connectivity index (χ4v) is 4.74. The number of amides is 3. The first-order valence-electron chi connectivity index (χ1n) is 13.9. The maximum absolute atomic E-state index is 13.7. The summed E-state index contributed by atoms with van der Waals surface area (Å²) in [7, 11) is 1.58. The lowest BCUT2D eigenvalue weighted by atomic mass is 10.1. The number of para-hydroxylation sites is 2. The first-order chi connectivity index (χ1) is 20.2. The highest BCUT2D eigenvalue weighted by Crippen LogP contribution is 2.34. The zero-order chi connectivity index (χ0) is 30.1. The van der Waals surface area contributed by atoms with Crippen molar-refractivity contribution < 1.29 is 27.5 Å². The van der Waals surface area contributed by atoms with Gasteiger partial charge in [0, 0.05) is 36.7 Å². The SMILES string of the molecule is CCCCN(CC(=O)N(CCc1c[nH]c2ccccc12)Cc1ccc(OC)cc1)C(=O)Nc1ccccc1C(F)(F)F. The lowest BCUT2D eigenvalue weighted by Gasteiger charge is -2.28. The van der Waals surface area contributed by atoms with Crippen molar-refractivity contribution in [2.24, 2.45) is 0 Å². The molecule has 0 aliphatic rings. The Hall–Kier alpha value is -4.47. The number of methoxy groups -OCH3 is 1. The molecule has 3 amide bonds. The number of ether oxygens (including phenoxy) is 1. The van der Waals surface area contributed by atoms with Crippen LogP contribution < -0.4 is 10.1 Å². The normalized spacial score (nSPS) is 11.4. The third kappa shape index (κ3) is 7.84. The first-order valence-corrected chi connectivity index (χ1v) is 13.9. The molecule has 42 heavy (non-hydrogen) atoms. The fourth-order valence-electron chi connectivity index (χ4n) is 4.74. The monoisotopic (exact) mass is 580 g/mol. The van der Waals surface area contributed by atoms with Crippen LogP contribution in [0.5, 0.6) is 5.75 Å². The maximum atomic E-state index is 13.7. The first kappa shape index (κ1) is 30.5. The molecular formula is C32H35F3N4O3. The number of aromatic amines is 1. The molecule has 4 aromatic rings. The predicted molar refractivity (Wildman–Crippen MR) is 157 cm³/mol. The number of alkyl halides is 3. The van der Waals surface area contributed by atoms with Gasteiger partial charge in [0.25, 0.3) is 0 Å². The molecule has 7 nitrogen and oxygen atoms in total. The van der Waals surface area contributed by atoms with Crippen molar-refractivity contribution in [3.8, 4) is 5.75 Å². The van der Waals surface area contributed by atoms with Crippen LogP contribution in [0, 0.1) is 0 Å². The Bertz CT molecular complexity index is 1480. The van der Waals surface area contributed by atoms with E-state index >= 15 is 0 Å². The molecule has 3 aromatic carbocycles. The molecule has 0 radical (unpaired) electrons. The van der Waals surface area contributed by atoms with E-state index in [1.165, 1.54) is 23.1 Å². The number of H-pyrrole nitrogens is 1. The summed E-state index contributed by atoms with van der Waals surface area (Å²) >= 11 is 0. The molecule has 1 aromatic heterocycles. The number of benzene rings is 3. The Kier molecular flexibility index (Phi) is 10.1. The third-order valence-electron chi connectivity index (χ3n) is 7.08. The number of nitrogens with zero attached hydrogens (tertiary/aromatic N) is 2. The standard InChI is InChI=1S/C32H35F3N4O3/c1-3-4-18-39(31(41)37-29-12-8-6-10-27(29)32(33,34)35)22-30(40)38(21-23-13-15-25(42-2)16-14-23)19-17-24-20-36-28-11-7-5-9-26(24)28/h5-16,20,36H,3-4,17-19,21-22H2,1-2H3,(H,37,41). The minimum atomic E-state index is -4.63. The number of unbranched alkanes of at least 4 members (excludes halogenated alkanes) is 1. The molecule has 1 heterocycles. The molecular weight excluding hydrogens is 545 g/mol. The summed E-state index contributed by atoms with van der Waals surface area (Å²) in [6.07, 6.45) is -0.792. The second kappa shape index (κ2) is 13.9. The molecule has 0 unspecified atom stereocenters. The number of carbonyl (C=O) groups is 2. The molecule has 2 N–H and O–H groups in total. The van der Waals surface area contributed by atoms with E-state index in [9.17, 15) is 22.8 Å². The average molecular weight is 581 g/mol. The van der Waals surface area contributed by atoms with E-state index in [1.54, 1.807) is 12.0 Å². The van der Waals surface area contributed by atoms with Crippen molar-refractivity contribution in [1.29, 1.82) is 0 Å². The molecule has 0 atom stereocenters. The predicted octanol–water partition coefficient (Wildman–Crippen LogP) is 7.10. The van der Waals surface area contributed by atoms with Crippen LogP contribution in [0.4, 0.5) is 23.7 Å². The van der Waals surface area contributed by atoms with Crippen LogP contribution in [-0.2, 0) is 23.9 Å². The molecule has 222 valence electrons. The molecule has 4 rings (SSSR count). The van der Waals surface area contributed by atoms with E-state index in [-0.39, 0.29) is 24.7 Å². The van der Waals surface area contributed by atoms with Crippen LogP contribution in [0.25, 0.3) is 10.9 Å². The summed E-state index contributed by atoms with van der Waals surface area (Å²) in [6, 6.07) is 19.4. The summed E-state index contributed by atoms with van der Waals surface area (Å²) in [4.78, 5) is 33.2. The van der Waals surface area contributed by atoms with Crippen molar-refractivity contribution >= 4 is 28.5 Å². The van der Waals surface area contributed by atoms with E-state index in [2.05, 4.69) is 10.3 Å². The van der Waals surface area contributed by atoms with E-state index < -0.39 is 17.8 Å². The minimum Gasteiger partial charge on any atom is -0.497 e. The Morgan fingerprint density at radius 3 is 2.36 bits per heavy atom. The topological polar surface area (TPSA) is 77.7 Å². The quantitative estimate of drug-likeness (QED) is 0.188. The van der Waals surface area contributed by atoms with E-state index in [0.29, 0.717) is 31.7 Å². The number of rotatable bonds is 12. The van der Waals surface area contributed by atoms with Crippen LogP contribution in [0.3, 0.4) is 0 Å². The summed E-state index contributed by atoms with van der Waals surface area (Å²) in [5.74, 6) is 0.387. The average Bonchev–Trinajstić information content (AvgIpc) is 3.40.